The monoisotopic (exact) mass is 183 g/mol. The van der Waals surface area contributed by atoms with Crippen LogP contribution in [0.2, 0.25) is 0 Å². The summed E-state index contributed by atoms with van der Waals surface area (Å²) in [5, 5.41) is 4.32. The molecule has 2 rings (SSSR count). The van der Waals surface area contributed by atoms with Gasteiger partial charge in [0, 0.05) is 17.6 Å². The highest BCUT2D eigenvalue weighted by molar-refractivity contribution is 7.09. The highest BCUT2D eigenvalue weighted by atomic mass is 32.1. The molecular formula is C8H13N3S. The summed E-state index contributed by atoms with van der Waals surface area (Å²) >= 11 is 1.43. The number of aromatic nitrogens is 2. The normalized spacial score (nSPS) is 20.1. The number of anilines is 1. The van der Waals surface area contributed by atoms with Gasteiger partial charge >= 0.3 is 0 Å². The Bertz CT molecular complexity index is 230. The van der Waals surface area contributed by atoms with Crippen LogP contribution >= 0.6 is 11.5 Å². The maximum atomic E-state index is 4.09. The Kier molecular flexibility index (Phi) is 2.26. The van der Waals surface area contributed by atoms with Gasteiger partial charge in [-0.1, -0.05) is 6.42 Å². The van der Waals surface area contributed by atoms with Crippen molar-refractivity contribution in [3.05, 3.63) is 6.33 Å². The van der Waals surface area contributed by atoms with E-state index >= 15 is 0 Å². The largest absolute Gasteiger partial charge is 0.358 e. The molecular weight excluding hydrogens is 170 g/mol. The smallest absolute Gasteiger partial charge is 0.202 e. The topological polar surface area (TPSA) is 37.8 Å². The molecule has 0 bridgehead atoms. The molecule has 1 N–H and O–H groups in total. The molecule has 1 aromatic rings. The van der Waals surface area contributed by atoms with E-state index in [1.807, 2.05) is 0 Å². The second-order valence-corrected chi connectivity index (χ2v) is 4.15. The summed E-state index contributed by atoms with van der Waals surface area (Å²) in [5.74, 6) is 0.855. The van der Waals surface area contributed by atoms with E-state index in [0.717, 1.165) is 11.0 Å². The third-order valence-corrected chi connectivity index (χ3v) is 3.17. The van der Waals surface area contributed by atoms with Crippen LogP contribution in [0, 0.1) is 5.92 Å². The van der Waals surface area contributed by atoms with Gasteiger partial charge in [0.05, 0.1) is 0 Å². The lowest BCUT2D eigenvalue weighted by atomic mass is 9.80. The standard InChI is InChI=1S/C8H13N3S/c1-6(7-3-2-4-7)11-8-9-5-10-12-8/h5-7H,2-4H2,1H3,(H,9,10,11)/t6-/m0/s1. The van der Waals surface area contributed by atoms with E-state index in [-0.39, 0.29) is 0 Å². The number of nitrogens with one attached hydrogen (secondary N) is 1. The lowest BCUT2D eigenvalue weighted by molar-refractivity contribution is 0.285. The molecule has 0 aromatic carbocycles. The minimum absolute atomic E-state index is 0.562. The summed E-state index contributed by atoms with van der Waals surface area (Å²) in [4.78, 5) is 4.09. The average Bonchev–Trinajstić information content (AvgIpc) is 2.34. The van der Waals surface area contributed by atoms with Gasteiger partial charge in [-0.25, -0.2) is 4.98 Å². The molecule has 3 nitrogen and oxygen atoms in total. The molecule has 1 aliphatic rings. The van der Waals surface area contributed by atoms with Gasteiger partial charge in [-0.05, 0) is 25.7 Å². The van der Waals surface area contributed by atoms with Crippen LogP contribution in [0.3, 0.4) is 0 Å². The summed E-state index contributed by atoms with van der Waals surface area (Å²) in [5.41, 5.74) is 0. The maximum absolute atomic E-state index is 4.09. The summed E-state index contributed by atoms with van der Waals surface area (Å²) in [6, 6.07) is 0.562. The van der Waals surface area contributed by atoms with Crippen LogP contribution in [0.1, 0.15) is 26.2 Å². The van der Waals surface area contributed by atoms with Crippen molar-refractivity contribution in [1.82, 2.24) is 9.36 Å². The second-order valence-electron chi connectivity index (χ2n) is 3.37. The Morgan fingerprint density at radius 3 is 3.00 bits per heavy atom. The zero-order valence-electron chi connectivity index (χ0n) is 7.16. The Morgan fingerprint density at radius 1 is 1.67 bits per heavy atom. The van der Waals surface area contributed by atoms with Gasteiger partial charge in [0.25, 0.3) is 0 Å². The molecule has 12 heavy (non-hydrogen) atoms. The number of hydrogen-bond donors (Lipinski definition) is 1. The number of nitrogens with zero attached hydrogens (tertiary/aromatic N) is 2. The molecule has 0 amide bonds. The fourth-order valence-electron chi connectivity index (χ4n) is 1.49. The molecule has 1 aliphatic carbocycles. The van der Waals surface area contributed by atoms with Crippen LogP contribution in [-0.2, 0) is 0 Å². The molecule has 1 aromatic heterocycles. The lowest BCUT2D eigenvalue weighted by Gasteiger charge is -2.31. The van der Waals surface area contributed by atoms with Gasteiger partial charge in [0.2, 0.25) is 5.13 Å². The van der Waals surface area contributed by atoms with Crippen molar-refractivity contribution in [3.8, 4) is 0 Å². The number of hydrogen-bond acceptors (Lipinski definition) is 4. The summed E-state index contributed by atoms with van der Waals surface area (Å²) in [7, 11) is 0. The number of rotatable bonds is 3. The van der Waals surface area contributed by atoms with Crippen molar-refractivity contribution in [2.45, 2.75) is 32.2 Å². The Hall–Kier alpha value is -0.640. The van der Waals surface area contributed by atoms with Gasteiger partial charge in [0.1, 0.15) is 6.33 Å². The van der Waals surface area contributed by atoms with Crippen LogP contribution < -0.4 is 5.32 Å². The molecule has 1 atom stereocenters. The molecule has 0 unspecified atom stereocenters. The molecule has 1 saturated carbocycles. The van der Waals surface area contributed by atoms with Crippen molar-refractivity contribution >= 4 is 16.7 Å². The van der Waals surface area contributed by atoms with Gasteiger partial charge in [-0.15, -0.1) is 0 Å². The van der Waals surface area contributed by atoms with Crippen LogP contribution in [0.4, 0.5) is 5.13 Å². The van der Waals surface area contributed by atoms with Crippen molar-refractivity contribution in [1.29, 1.82) is 0 Å². The first-order valence-corrected chi connectivity index (χ1v) is 5.17. The molecule has 66 valence electrons. The van der Waals surface area contributed by atoms with Crippen molar-refractivity contribution in [2.24, 2.45) is 5.92 Å². The SMILES string of the molecule is C[C@H](Nc1ncns1)C1CCC1. The van der Waals surface area contributed by atoms with Crippen LogP contribution in [-0.4, -0.2) is 15.4 Å². The highest BCUT2D eigenvalue weighted by Gasteiger charge is 2.23. The molecule has 0 saturated heterocycles. The fourth-order valence-corrected chi connectivity index (χ4v) is 2.02. The van der Waals surface area contributed by atoms with Gasteiger partial charge in [0.15, 0.2) is 0 Å². The second kappa shape index (κ2) is 3.39. The predicted molar refractivity (Wildman–Crippen MR) is 50.3 cm³/mol. The summed E-state index contributed by atoms with van der Waals surface area (Å²) in [6.07, 6.45) is 5.73. The van der Waals surface area contributed by atoms with E-state index in [9.17, 15) is 0 Å². The maximum Gasteiger partial charge on any atom is 0.202 e. The molecule has 0 aliphatic heterocycles. The van der Waals surface area contributed by atoms with E-state index in [4.69, 9.17) is 0 Å². The Balaban J connectivity index is 1.86. The molecule has 1 fully saturated rings. The van der Waals surface area contributed by atoms with E-state index in [1.54, 1.807) is 6.33 Å². The predicted octanol–water partition coefficient (Wildman–Crippen LogP) is 2.14. The first-order chi connectivity index (χ1) is 5.86. The van der Waals surface area contributed by atoms with Crippen molar-refractivity contribution < 1.29 is 0 Å². The van der Waals surface area contributed by atoms with E-state index < -0.39 is 0 Å². The van der Waals surface area contributed by atoms with Gasteiger partial charge in [-0.2, -0.15) is 4.37 Å². The lowest BCUT2D eigenvalue weighted by Crippen LogP contribution is -2.30. The summed E-state index contributed by atoms with van der Waals surface area (Å²) < 4.78 is 3.95. The first kappa shape index (κ1) is 7.98. The Morgan fingerprint density at radius 2 is 2.50 bits per heavy atom. The quantitative estimate of drug-likeness (QED) is 0.780. The summed E-state index contributed by atoms with van der Waals surface area (Å²) in [6.45, 7) is 2.23. The minimum Gasteiger partial charge on any atom is -0.358 e. The van der Waals surface area contributed by atoms with Crippen LogP contribution in [0.5, 0.6) is 0 Å². The Labute approximate surface area is 76.4 Å². The minimum atomic E-state index is 0.562. The van der Waals surface area contributed by atoms with Crippen molar-refractivity contribution in [2.75, 3.05) is 5.32 Å². The average molecular weight is 183 g/mol. The van der Waals surface area contributed by atoms with E-state index in [2.05, 4.69) is 21.6 Å². The fraction of sp³-hybridized carbons (Fsp3) is 0.750. The van der Waals surface area contributed by atoms with E-state index in [0.29, 0.717) is 6.04 Å². The molecule has 1 heterocycles. The van der Waals surface area contributed by atoms with Crippen LogP contribution in [0.15, 0.2) is 6.33 Å². The molecule has 0 radical (unpaired) electrons. The van der Waals surface area contributed by atoms with Gasteiger partial charge < -0.3 is 5.32 Å². The molecule has 4 heteroatoms. The third kappa shape index (κ3) is 1.58. The highest BCUT2D eigenvalue weighted by Crippen LogP contribution is 2.30. The van der Waals surface area contributed by atoms with Crippen LogP contribution in [0.25, 0.3) is 0 Å². The zero-order chi connectivity index (χ0) is 8.39. The van der Waals surface area contributed by atoms with Crippen molar-refractivity contribution in [3.63, 3.8) is 0 Å². The van der Waals surface area contributed by atoms with Gasteiger partial charge in [-0.3, -0.25) is 0 Å². The molecule has 0 spiro atoms. The first-order valence-electron chi connectivity index (χ1n) is 4.39. The zero-order valence-corrected chi connectivity index (χ0v) is 7.97. The third-order valence-electron chi connectivity index (χ3n) is 2.57. The van der Waals surface area contributed by atoms with E-state index in [1.165, 1.54) is 30.8 Å².